The second-order valence-corrected chi connectivity index (χ2v) is 2.83. The summed E-state index contributed by atoms with van der Waals surface area (Å²) in [7, 11) is 0. The van der Waals surface area contributed by atoms with E-state index in [1.54, 1.807) is 18.2 Å². The predicted octanol–water partition coefficient (Wildman–Crippen LogP) is 1.99. The summed E-state index contributed by atoms with van der Waals surface area (Å²) in [5, 5.41) is 11.3. The average Bonchev–Trinajstić information content (AvgIpc) is 2.21. The predicted molar refractivity (Wildman–Crippen MR) is 54.7 cm³/mol. The molecule has 0 aromatic heterocycles. The zero-order chi connectivity index (χ0) is 10.6. The van der Waals surface area contributed by atoms with Crippen molar-refractivity contribution in [3.05, 3.63) is 42.0 Å². The Morgan fingerprint density at radius 3 is 2.93 bits per heavy atom. The molecule has 0 radical (unpaired) electrons. The van der Waals surface area contributed by atoms with Gasteiger partial charge < -0.3 is 5.32 Å². The zero-order valence-electron chi connectivity index (χ0n) is 7.87. The molecule has 3 heteroatoms. The van der Waals surface area contributed by atoms with Crippen molar-refractivity contribution < 1.29 is 4.79 Å². The summed E-state index contributed by atoms with van der Waals surface area (Å²) in [5.74, 6) is -0.275. The number of nitriles is 1. The molecule has 0 saturated heterocycles. The van der Waals surface area contributed by atoms with Gasteiger partial charge in [0.25, 0.3) is 0 Å². The summed E-state index contributed by atoms with van der Waals surface area (Å²) in [6, 6.07) is 7.14. The van der Waals surface area contributed by atoms with Gasteiger partial charge >= 0.3 is 0 Å². The number of hydrogen-bond donors (Lipinski definition) is 1. The molecule has 0 spiro atoms. The first kappa shape index (κ1) is 10.0. The minimum atomic E-state index is -0.275. The van der Waals surface area contributed by atoms with Gasteiger partial charge in [0.1, 0.15) is 0 Å². The molecule has 0 bridgehead atoms. The summed E-state index contributed by atoms with van der Waals surface area (Å²) in [4.78, 5) is 11.0. The highest BCUT2D eigenvalue weighted by Crippen LogP contribution is 2.16. The Bertz CT molecular complexity index is 416. The molecule has 0 aliphatic heterocycles. The summed E-state index contributed by atoms with van der Waals surface area (Å²) in [6.07, 6.45) is 1.19. The third-order valence-electron chi connectivity index (χ3n) is 1.81. The highest BCUT2D eigenvalue weighted by atomic mass is 16.1. The van der Waals surface area contributed by atoms with Gasteiger partial charge in [-0.05, 0) is 30.7 Å². The van der Waals surface area contributed by atoms with E-state index < -0.39 is 0 Å². The summed E-state index contributed by atoms with van der Waals surface area (Å²) < 4.78 is 0. The Labute approximate surface area is 82.7 Å². The van der Waals surface area contributed by atoms with Crippen LogP contribution in [-0.4, -0.2) is 5.91 Å². The number of carbonyl (C=O) groups is 1. The van der Waals surface area contributed by atoms with Crippen molar-refractivity contribution >= 4 is 11.6 Å². The maximum Gasteiger partial charge on any atom is 0.247 e. The van der Waals surface area contributed by atoms with E-state index in [-0.39, 0.29) is 5.91 Å². The van der Waals surface area contributed by atoms with Gasteiger partial charge in [-0.25, -0.2) is 0 Å². The van der Waals surface area contributed by atoms with Gasteiger partial charge in [0.2, 0.25) is 5.91 Å². The van der Waals surface area contributed by atoms with E-state index in [2.05, 4.69) is 11.9 Å². The molecule has 14 heavy (non-hydrogen) atoms. The molecular weight excluding hydrogens is 176 g/mol. The third kappa shape index (κ3) is 2.20. The molecular formula is C11H10N2O. The lowest BCUT2D eigenvalue weighted by Gasteiger charge is -2.05. The summed E-state index contributed by atoms with van der Waals surface area (Å²) in [6.45, 7) is 5.21. The van der Waals surface area contributed by atoms with Crippen LogP contribution in [0.1, 0.15) is 11.1 Å². The number of anilines is 1. The molecule has 0 unspecified atom stereocenters. The van der Waals surface area contributed by atoms with Crippen LogP contribution in [0, 0.1) is 18.3 Å². The van der Waals surface area contributed by atoms with E-state index in [4.69, 9.17) is 5.26 Å². The minimum Gasteiger partial charge on any atom is -0.322 e. The van der Waals surface area contributed by atoms with E-state index >= 15 is 0 Å². The largest absolute Gasteiger partial charge is 0.322 e. The lowest BCUT2D eigenvalue weighted by atomic mass is 10.1. The molecule has 1 N–H and O–H groups in total. The first-order chi connectivity index (χ1) is 6.67. The summed E-state index contributed by atoms with van der Waals surface area (Å²) >= 11 is 0. The van der Waals surface area contributed by atoms with Crippen LogP contribution < -0.4 is 5.32 Å². The highest BCUT2D eigenvalue weighted by Gasteiger charge is 2.02. The van der Waals surface area contributed by atoms with Crippen LogP contribution in [0.25, 0.3) is 0 Å². The van der Waals surface area contributed by atoms with Crippen molar-refractivity contribution in [2.75, 3.05) is 5.32 Å². The first-order valence-corrected chi connectivity index (χ1v) is 4.11. The van der Waals surface area contributed by atoms with Crippen molar-refractivity contribution in [3.8, 4) is 6.07 Å². The number of nitrogens with zero attached hydrogens (tertiary/aromatic N) is 1. The Morgan fingerprint density at radius 1 is 1.64 bits per heavy atom. The van der Waals surface area contributed by atoms with Gasteiger partial charge in [-0.3, -0.25) is 4.79 Å². The number of hydrogen-bond acceptors (Lipinski definition) is 2. The molecule has 0 aliphatic rings. The molecule has 0 aliphatic carbocycles. The number of rotatable bonds is 2. The fourth-order valence-electron chi connectivity index (χ4n) is 1.01. The minimum absolute atomic E-state index is 0.275. The Balaban J connectivity index is 3.02. The molecule has 3 nitrogen and oxygen atoms in total. The van der Waals surface area contributed by atoms with Crippen molar-refractivity contribution in [1.29, 1.82) is 5.26 Å². The van der Waals surface area contributed by atoms with E-state index in [0.29, 0.717) is 11.3 Å². The van der Waals surface area contributed by atoms with Crippen LogP contribution in [0.5, 0.6) is 0 Å². The lowest BCUT2D eigenvalue weighted by Crippen LogP contribution is -2.08. The number of carbonyl (C=O) groups excluding carboxylic acids is 1. The maximum absolute atomic E-state index is 11.0. The van der Waals surface area contributed by atoms with Crippen molar-refractivity contribution in [2.24, 2.45) is 0 Å². The average molecular weight is 186 g/mol. The molecule has 1 rings (SSSR count). The van der Waals surface area contributed by atoms with Gasteiger partial charge in [0, 0.05) is 5.69 Å². The summed E-state index contributed by atoms with van der Waals surface area (Å²) in [5.41, 5.74) is 2.09. The Hall–Kier alpha value is -2.08. The fourth-order valence-corrected chi connectivity index (χ4v) is 1.01. The van der Waals surface area contributed by atoms with Crippen LogP contribution >= 0.6 is 0 Å². The van der Waals surface area contributed by atoms with Crippen LogP contribution in [0.3, 0.4) is 0 Å². The molecule has 0 atom stereocenters. The Morgan fingerprint density at radius 2 is 2.36 bits per heavy atom. The van der Waals surface area contributed by atoms with Crippen LogP contribution in [-0.2, 0) is 4.79 Å². The van der Waals surface area contributed by atoms with Crippen LogP contribution in [0.15, 0.2) is 30.9 Å². The monoisotopic (exact) mass is 186 g/mol. The SMILES string of the molecule is C=CC(=O)Nc1cc(C#N)ccc1C. The van der Waals surface area contributed by atoms with Crippen LogP contribution in [0.2, 0.25) is 0 Å². The van der Waals surface area contributed by atoms with Gasteiger partial charge in [-0.2, -0.15) is 5.26 Å². The quantitative estimate of drug-likeness (QED) is 0.718. The molecule has 1 amide bonds. The molecule has 0 heterocycles. The smallest absolute Gasteiger partial charge is 0.247 e. The highest BCUT2D eigenvalue weighted by molar-refractivity contribution is 5.99. The van der Waals surface area contributed by atoms with Gasteiger partial charge in [0.15, 0.2) is 0 Å². The normalized spacial score (nSPS) is 8.86. The number of aryl methyl sites for hydroxylation is 1. The van der Waals surface area contributed by atoms with Crippen LogP contribution in [0.4, 0.5) is 5.69 Å². The molecule has 70 valence electrons. The van der Waals surface area contributed by atoms with E-state index in [0.717, 1.165) is 5.56 Å². The van der Waals surface area contributed by atoms with Crippen molar-refractivity contribution in [2.45, 2.75) is 6.92 Å². The molecule has 0 saturated carbocycles. The van der Waals surface area contributed by atoms with Gasteiger partial charge in [-0.15, -0.1) is 0 Å². The number of amides is 1. The van der Waals surface area contributed by atoms with E-state index in [1.165, 1.54) is 6.08 Å². The Kier molecular flexibility index (Phi) is 3.03. The van der Waals surface area contributed by atoms with E-state index in [1.807, 2.05) is 13.0 Å². The number of benzene rings is 1. The standard InChI is InChI=1S/C11H10N2O/c1-3-11(14)13-10-6-9(7-12)5-4-8(10)2/h3-6H,1H2,2H3,(H,13,14). The fraction of sp³-hybridized carbons (Fsp3) is 0.0909. The maximum atomic E-state index is 11.0. The molecule has 1 aromatic carbocycles. The van der Waals surface area contributed by atoms with Crippen molar-refractivity contribution in [1.82, 2.24) is 0 Å². The van der Waals surface area contributed by atoms with E-state index in [9.17, 15) is 4.79 Å². The lowest BCUT2D eigenvalue weighted by molar-refractivity contribution is -0.111. The second kappa shape index (κ2) is 4.24. The topological polar surface area (TPSA) is 52.9 Å². The first-order valence-electron chi connectivity index (χ1n) is 4.11. The van der Waals surface area contributed by atoms with Crippen molar-refractivity contribution in [3.63, 3.8) is 0 Å². The van der Waals surface area contributed by atoms with Gasteiger partial charge in [0.05, 0.1) is 11.6 Å². The molecule has 1 aromatic rings. The second-order valence-electron chi connectivity index (χ2n) is 2.83. The number of nitrogens with one attached hydrogen (secondary N) is 1. The molecule has 0 fully saturated rings. The third-order valence-corrected chi connectivity index (χ3v) is 1.81. The zero-order valence-corrected chi connectivity index (χ0v) is 7.87. The van der Waals surface area contributed by atoms with Gasteiger partial charge in [-0.1, -0.05) is 12.6 Å².